The van der Waals surface area contributed by atoms with E-state index in [9.17, 15) is 14.7 Å². The molecule has 4 rings (SSSR count). The van der Waals surface area contributed by atoms with Crippen LogP contribution in [0.1, 0.15) is 21.3 Å². The van der Waals surface area contributed by atoms with E-state index < -0.39 is 17.7 Å². The van der Waals surface area contributed by atoms with Gasteiger partial charge in [-0.25, -0.2) is 0 Å². The molecule has 0 spiro atoms. The third-order valence-corrected chi connectivity index (χ3v) is 6.73. The molecule has 6 nitrogen and oxygen atoms in total. The minimum absolute atomic E-state index is 0.160. The maximum atomic E-state index is 13.2. The molecule has 1 atom stereocenters. The normalized spacial score (nSPS) is 20.5. The Kier molecular flexibility index (Phi) is 6.15. The summed E-state index contributed by atoms with van der Waals surface area (Å²) in [6, 6.07) is 10.5. The van der Waals surface area contributed by atoms with Crippen molar-refractivity contribution in [1.29, 1.82) is 0 Å². The Labute approximate surface area is 181 Å². The fourth-order valence-corrected chi connectivity index (χ4v) is 4.96. The average molecular weight is 478 g/mol. The molecule has 8 heteroatoms. The number of amides is 1. The van der Waals surface area contributed by atoms with E-state index >= 15 is 0 Å². The van der Waals surface area contributed by atoms with Gasteiger partial charge in [0.1, 0.15) is 13.1 Å². The van der Waals surface area contributed by atoms with Crippen molar-refractivity contribution >= 4 is 39.0 Å². The van der Waals surface area contributed by atoms with E-state index in [2.05, 4.69) is 15.9 Å². The molecule has 2 aliphatic heterocycles. The molecule has 2 aromatic rings. The SMILES string of the molecule is O=C(C1=C(O)C(=O)N(CC[NH+]2CCOCC2)[C@@H]1c1cccc(Br)c1)c1cccs1. The number of carbonyl (C=O) groups is 2. The van der Waals surface area contributed by atoms with Crippen LogP contribution in [0.5, 0.6) is 0 Å². The first-order valence-electron chi connectivity index (χ1n) is 9.55. The molecule has 2 N–H and O–H groups in total. The molecule has 2 aliphatic rings. The standard InChI is InChI=1S/C21H21BrN2O4S/c22-15-4-1-3-14(13-15)18-17(19(25)16-5-2-12-29-16)20(26)21(27)24(18)7-6-23-8-10-28-11-9-23/h1-5,12-13,18,26H,6-11H2/p+1/t18-/m1/s1. The summed E-state index contributed by atoms with van der Waals surface area (Å²) in [6.07, 6.45) is 0. The Balaban J connectivity index is 1.67. The number of aliphatic hydroxyl groups is 1. The third-order valence-electron chi connectivity index (χ3n) is 5.36. The van der Waals surface area contributed by atoms with E-state index in [4.69, 9.17) is 4.74 Å². The van der Waals surface area contributed by atoms with Gasteiger partial charge in [-0.1, -0.05) is 34.1 Å². The maximum absolute atomic E-state index is 13.2. The monoisotopic (exact) mass is 477 g/mol. The zero-order valence-electron chi connectivity index (χ0n) is 15.8. The predicted molar refractivity (Wildman–Crippen MR) is 113 cm³/mol. The number of benzene rings is 1. The van der Waals surface area contributed by atoms with E-state index in [1.807, 2.05) is 29.6 Å². The van der Waals surface area contributed by atoms with Crippen LogP contribution in [0.4, 0.5) is 0 Å². The molecule has 29 heavy (non-hydrogen) atoms. The summed E-state index contributed by atoms with van der Waals surface area (Å²) in [7, 11) is 0. The van der Waals surface area contributed by atoms with Crippen LogP contribution in [-0.4, -0.2) is 61.1 Å². The lowest BCUT2D eigenvalue weighted by atomic mass is 9.95. The van der Waals surface area contributed by atoms with Crippen LogP contribution in [-0.2, 0) is 9.53 Å². The molecule has 1 aromatic carbocycles. The summed E-state index contributed by atoms with van der Waals surface area (Å²) in [5.74, 6) is -1.22. The molecule has 1 aromatic heterocycles. The van der Waals surface area contributed by atoms with Crippen LogP contribution >= 0.6 is 27.3 Å². The van der Waals surface area contributed by atoms with Gasteiger partial charge < -0.3 is 19.6 Å². The van der Waals surface area contributed by atoms with E-state index in [-0.39, 0.29) is 11.4 Å². The lowest BCUT2D eigenvalue weighted by Crippen LogP contribution is -3.14. The number of quaternary nitrogens is 1. The van der Waals surface area contributed by atoms with Gasteiger partial charge in [-0.15, -0.1) is 11.3 Å². The minimum Gasteiger partial charge on any atom is -0.503 e. The van der Waals surface area contributed by atoms with Crippen LogP contribution < -0.4 is 4.90 Å². The number of hydrogen-bond donors (Lipinski definition) is 2. The summed E-state index contributed by atoms with van der Waals surface area (Å²) in [5.41, 5.74) is 0.959. The first-order valence-corrected chi connectivity index (χ1v) is 11.2. The van der Waals surface area contributed by atoms with Gasteiger partial charge in [0.25, 0.3) is 5.91 Å². The summed E-state index contributed by atoms with van der Waals surface area (Å²) in [5, 5.41) is 12.5. The average Bonchev–Trinajstić information content (AvgIpc) is 3.35. The molecular formula is C21H22BrN2O4S+. The zero-order chi connectivity index (χ0) is 20.4. The number of aliphatic hydroxyl groups excluding tert-OH is 1. The second kappa shape index (κ2) is 8.79. The molecule has 0 unspecified atom stereocenters. The predicted octanol–water partition coefficient (Wildman–Crippen LogP) is 2.00. The maximum Gasteiger partial charge on any atom is 0.290 e. The first-order chi connectivity index (χ1) is 14.1. The van der Waals surface area contributed by atoms with Gasteiger partial charge in [0.15, 0.2) is 5.76 Å². The molecule has 0 bridgehead atoms. The first kappa shape index (κ1) is 20.3. The number of ether oxygens (including phenoxy) is 1. The summed E-state index contributed by atoms with van der Waals surface area (Å²) in [4.78, 5) is 29.6. The Morgan fingerprint density at radius 2 is 2.07 bits per heavy atom. The largest absolute Gasteiger partial charge is 0.503 e. The Morgan fingerprint density at radius 1 is 1.28 bits per heavy atom. The fraction of sp³-hybridized carbons (Fsp3) is 0.333. The molecule has 0 radical (unpaired) electrons. The molecule has 1 saturated heterocycles. The quantitative estimate of drug-likeness (QED) is 0.624. The number of nitrogens with one attached hydrogen (secondary N) is 1. The van der Waals surface area contributed by atoms with Crippen molar-refractivity contribution in [2.24, 2.45) is 0 Å². The van der Waals surface area contributed by atoms with E-state index in [1.54, 1.807) is 17.0 Å². The number of hydrogen-bond acceptors (Lipinski definition) is 5. The Bertz CT molecular complexity index is 938. The van der Waals surface area contributed by atoms with Crippen LogP contribution in [0.2, 0.25) is 0 Å². The van der Waals surface area contributed by atoms with Crippen molar-refractivity contribution in [2.75, 3.05) is 39.4 Å². The van der Waals surface area contributed by atoms with E-state index in [1.165, 1.54) is 16.2 Å². The van der Waals surface area contributed by atoms with Gasteiger partial charge in [-0.3, -0.25) is 9.59 Å². The van der Waals surface area contributed by atoms with Gasteiger partial charge in [0, 0.05) is 4.47 Å². The minimum atomic E-state index is -0.602. The smallest absolute Gasteiger partial charge is 0.290 e. The number of Topliss-reactive ketones (excluding diaryl/α,β-unsaturated/α-hetero) is 1. The summed E-state index contributed by atoms with van der Waals surface area (Å²) >= 11 is 4.78. The molecule has 1 fully saturated rings. The highest BCUT2D eigenvalue weighted by Gasteiger charge is 2.44. The number of ketones is 1. The van der Waals surface area contributed by atoms with Gasteiger partial charge in [-0.2, -0.15) is 0 Å². The van der Waals surface area contributed by atoms with Gasteiger partial charge in [0.2, 0.25) is 5.78 Å². The van der Waals surface area contributed by atoms with Crippen molar-refractivity contribution in [3.05, 3.63) is 68.0 Å². The lowest BCUT2D eigenvalue weighted by Gasteiger charge is -2.30. The topological polar surface area (TPSA) is 71.3 Å². The van der Waals surface area contributed by atoms with Gasteiger partial charge in [0.05, 0.1) is 42.8 Å². The zero-order valence-corrected chi connectivity index (χ0v) is 18.2. The number of nitrogens with zero attached hydrogens (tertiary/aromatic N) is 1. The van der Waals surface area contributed by atoms with Gasteiger partial charge in [-0.05, 0) is 29.1 Å². The Hall–Kier alpha value is -2.00. The van der Waals surface area contributed by atoms with E-state index in [0.717, 1.165) is 29.7 Å². The summed E-state index contributed by atoms with van der Waals surface area (Å²) in [6.45, 7) is 4.41. The van der Waals surface area contributed by atoms with Crippen LogP contribution in [0.3, 0.4) is 0 Å². The van der Waals surface area contributed by atoms with Crippen LogP contribution in [0.25, 0.3) is 0 Å². The van der Waals surface area contributed by atoms with Gasteiger partial charge >= 0.3 is 0 Å². The molecule has 152 valence electrons. The van der Waals surface area contributed by atoms with Crippen LogP contribution in [0.15, 0.2) is 57.6 Å². The third kappa shape index (κ3) is 4.16. The molecule has 1 amide bonds. The molecule has 0 aliphatic carbocycles. The number of rotatable bonds is 6. The second-order valence-corrected chi connectivity index (χ2v) is 9.00. The van der Waals surface area contributed by atoms with E-state index in [0.29, 0.717) is 24.6 Å². The van der Waals surface area contributed by atoms with Crippen molar-refractivity contribution in [3.63, 3.8) is 0 Å². The highest BCUT2D eigenvalue weighted by Crippen LogP contribution is 2.39. The Morgan fingerprint density at radius 3 is 2.76 bits per heavy atom. The van der Waals surface area contributed by atoms with Crippen LogP contribution in [0, 0.1) is 0 Å². The van der Waals surface area contributed by atoms with Crippen molar-refractivity contribution in [3.8, 4) is 0 Å². The molecular weight excluding hydrogens is 456 g/mol. The van der Waals surface area contributed by atoms with Crippen molar-refractivity contribution in [1.82, 2.24) is 4.90 Å². The number of carbonyl (C=O) groups excluding carboxylic acids is 2. The molecule has 3 heterocycles. The lowest BCUT2D eigenvalue weighted by molar-refractivity contribution is -0.907. The second-order valence-electron chi connectivity index (χ2n) is 7.14. The summed E-state index contributed by atoms with van der Waals surface area (Å²) < 4.78 is 6.26. The molecule has 0 saturated carbocycles. The highest BCUT2D eigenvalue weighted by molar-refractivity contribution is 9.10. The van der Waals surface area contributed by atoms with Crippen molar-refractivity contribution in [2.45, 2.75) is 6.04 Å². The number of morpholine rings is 1. The highest BCUT2D eigenvalue weighted by atomic mass is 79.9. The fourth-order valence-electron chi connectivity index (χ4n) is 3.87. The number of halogens is 1. The van der Waals surface area contributed by atoms with Crippen molar-refractivity contribution < 1.29 is 24.3 Å². The number of thiophene rings is 1.